The normalized spacial score (nSPS) is 12.3. The zero-order chi connectivity index (χ0) is 13.0. The van der Waals surface area contributed by atoms with E-state index in [2.05, 4.69) is 0 Å². The molecule has 4 heteroatoms. The van der Waals surface area contributed by atoms with Crippen molar-refractivity contribution < 1.29 is 5.11 Å². The van der Waals surface area contributed by atoms with Gasteiger partial charge in [-0.1, -0.05) is 23.7 Å². The number of benzene rings is 2. The molecule has 0 bridgehead atoms. The van der Waals surface area contributed by atoms with E-state index in [4.69, 9.17) is 17.3 Å². The highest BCUT2D eigenvalue weighted by atomic mass is 35.5. The van der Waals surface area contributed by atoms with Crippen LogP contribution in [0.3, 0.4) is 0 Å². The highest BCUT2D eigenvalue weighted by Gasteiger charge is 2.07. The van der Waals surface area contributed by atoms with Gasteiger partial charge in [-0.15, -0.1) is 11.8 Å². The molecule has 94 valence electrons. The van der Waals surface area contributed by atoms with E-state index in [-0.39, 0.29) is 0 Å². The zero-order valence-corrected chi connectivity index (χ0v) is 11.3. The van der Waals surface area contributed by atoms with Crippen molar-refractivity contribution in [1.29, 1.82) is 0 Å². The van der Waals surface area contributed by atoms with E-state index < -0.39 is 6.10 Å². The summed E-state index contributed by atoms with van der Waals surface area (Å²) >= 11 is 7.41. The molecule has 0 fully saturated rings. The number of rotatable bonds is 4. The van der Waals surface area contributed by atoms with Crippen LogP contribution in [0.1, 0.15) is 11.7 Å². The van der Waals surface area contributed by atoms with Crippen LogP contribution in [0.4, 0.5) is 5.69 Å². The summed E-state index contributed by atoms with van der Waals surface area (Å²) in [6.45, 7) is 0. The highest BCUT2D eigenvalue weighted by molar-refractivity contribution is 7.99. The number of anilines is 1. The standard InChI is InChI=1S/C14H14ClNOS/c15-11-3-7-13(8-4-11)18-9-14(17)10-1-5-12(16)6-2-10/h1-8,14,17H,9,16H2. The van der Waals surface area contributed by atoms with E-state index in [0.717, 1.165) is 15.5 Å². The topological polar surface area (TPSA) is 46.2 Å². The molecule has 0 aliphatic rings. The molecule has 1 unspecified atom stereocenters. The number of aliphatic hydroxyl groups is 1. The van der Waals surface area contributed by atoms with Gasteiger partial charge in [-0.2, -0.15) is 0 Å². The van der Waals surface area contributed by atoms with Crippen LogP contribution in [0.2, 0.25) is 5.02 Å². The fourth-order valence-electron chi connectivity index (χ4n) is 1.52. The van der Waals surface area contributed by atoms with Gasteiger partial charge in [0.1, 0.15) is 0 Å². The lowest BCUT2D eigenvalue weighted by atomic mass is 10.1. The van der Waals surface area contributed by atoms with Crippen LogP contribution in [0, 0.1) is 0 Å². The lowest BCUT2D eigenvalue weighted by Crippen LogP contribution is -2.00. The van der Waals surface area contributed by atoms with E-state index in [1.165, 1.54) is 0 Å². The van der Waals surface area contributed by atoms with Gasteiger partial charge in [0.25, 0.3) is 0 Å². The predicted molar refractivity (Wildman–Crippen MR) is 78.0 cm³/mol. The van der Waals surface area contributed by atoms with Crippen molar-refractivity contribution in [2.24, 2.45) is 0 Å². The van der Waals surface area contributed by atoms with Crippen molar-refractivity contribution in [3.05, 3.63) is 59.1 Å². The number of thioether (sulfide) groups is 1. The van der Waals surface area contributed by atoms with Crippen molar-refractivity contribution in [2.45, 2.75) is 11.0 Å². The summed E-state index contributed by atoms with van der Waals surface area (Å²) in [6, 6.07) is 14.9. The van der Waals surface area contributed by atoms with Gasteiger partial charge < -0.3 is 10.8 Å². The molecule has 0 spiro atoms. The third kappa shape index (κ3) is 3.67. The number of aliphatic hydroxyl groups excluding tert-OH is 1. The minimum Gasteiger partial charge on any atom is -0.399 e. The third-order valence-corrected chi connectivity index (χ3v) is 3.88. The quantitative estimate of drug-likeness (QED) is 0.662. The molecule has 2 aromatic carbocycles. The van der Waals surface area contributed by atoms with E-state index in [9.17, 15) is 5.11 Å². The van der Waals surface area contributed by atoms with E-state index in [0.29, 0.717) is 11.4 Å². The SMILES string of the molecule is Nc1ccc(C(O)CSc2ccc(Cl)cc2)cc1. The van der Waals surface area contributed by atoms with Gasteiger partial charge in [0.15, 0.2) is 0 Å². The molecule has 18 heavy (non-hydrogen) atoms. The van der Waals surface area contributed by atoms with Crippen molar-refractivity contribution in [3.8, 4) is 0 Å². The van der Waals surface area contributed by atoms with Crippen LogP contribution in [-0.2, 0) is 0 Å². The Balaban J connectivity index is 1.93. The number of hydrogen-bond donors (Lipinski definition) is 2. The first-order valence-corrected chi connectivity index (χ1v) is 6.93. The minimum absolute atomic E-state index is 0.494. The Morgan fingerprint density at radius 1 is 1.06 bits per heavy atom. The van der Waals surface area contributed by atoms with Crippen LogP contribution in [0.15, 0.2) is 53.4 Å². The van der Waals surface area contributed by atoms with Gasteiger partial charge in [0.05, 0.1) is 6.10 Å². The Labute approximate surface area is 116 Å². The molecular weight excluding hydrogens is 266 g/mol. The summed E-state index contributed by atoms with van der Waals surface area (Å²) in [5.74, 6) is 0.603. The lowest BCUT2D eigenvalue weighted by molar-refractivity contribution is 0.204. The summed E-state index contributed by atoms with van der Waals surface area (Å²) in [4.78, 5) is 1.09. The van der Waals surface area contributed by atoms with Crippen molar-refractivity contribution in [2.75, 3.05) is 11.5 Å². The molecule has 0 radical (unpaired) electrons. The number of nitrogen functional groups attached to an aromatic ring is 1. The molecule has 2 aromatic rings. The molecule has 0 aliphatic heterocycles. The Kier molecular flexibility index (Phi) is 4.53. The molecule has 2 rings (SSSR count). The van der Waals surface area contributed by atoms with Gasteiger partial charge in [-0.3, -0.25) is 0 Å². The van der Waals surface area contributed by atoms with Gasteiger partial charge in [-0.25, -0.2) is 0 Å². The molecule has 0 heterocycles. The van der Waals surface area contributed by atoms with E-state index in [1.807, 2.05) is 36.4 Å². The second kappa shape index (κ2) is 6.14. The smallest absolute Gasteiger partial charge is 0.0883 e. The first-order valence-electron chi connectivity index (χ1n) is 5.57. The van der Waals surface area contributed by atoms with Gasteiger partial charge in [-0.05, 0) is 42.0 Å². The fraction of sp³-hybridized carbons (Fsp3) is 0.143. The van der Waals surface area contributed by atoms with Crippen LogP contribution < -0.4 is 5.73 Å². The van der Waals surface area contributed by atoms with Crippen LogP contribution in [0.25, 0.3) is 0 Å². The van der Waals surface area contributed by atoms with Crippen LogP contribution in [0.5, 0.6) is 0 Å². The summed E-state index contributed by atoms with van der Waals surface area (Å²) in [7, 11) is 0. The Hall–Kier alpha value is -1.16. The average molecular weight is 280 g/mol. The third-order valence-electron chi connectivity index (χ3n) is 2.54. The molecular formula is C14H14ClNOS. The maximum atomic E-state index is 10.0. The first-order chi connectivity index (χ1) is 8.65. The number of halogens is 1. The maximum absolute atomic E-state index is 10.0. The zero-order valence-electron chi connectivity index (χ0n) is 9.71. The van der Waals surface area contributed by atoms with Gasteiger partial charge >= 0.3 is 0 Å². The largest absolute Gasteiger partial charge is 0.399 e. The summed E-state index contributed by atoms with van der Waals surface area (Å²) in [5.41, 5.74) is 7.19. The summed E-state index contributed by atoms with van der Waals surface area (Å²) in [5, 5.41) is 10.8. The summed E-state index contributed by atoms with van der Waals surface area (Å²) < 4.78 is 0. The molecule has 0 saturated heterocycles. The first kappa shape index (κ1) is 13.3. The van der Waals surface area contributed by atoms with Crippen LogP contribution >= 0.6 is 23.4 Å². The van der Waals surface area contributed by atoms with Crippen molar-refractivity contribution >= 4 is 29.1 Å². The predicted octanol–water partition coefficient (Wildman–Crippen LogP) is 3.75. The number of nitrogens with two attached hydrogens (primary N) is 1. The second-order valence-corrected chi connectivity index (χ2v) is 5.48. The van der Waals surface area contributed by atoms with E-state index >= 15 is 0 Å². The summed E-state index contributed by atoms with van der Waals surface area (Å²) in [6.07, 6.45) is -0.494. The Morgan fingerprint density at radius 2 is 1.67 bits per heavy atom. The lowest BCUT2D eigenvalue weighted by Gasteiger charge is -2.10. The highest BCUT2D eigenvalue weighted by Crippen LogP contribution is 2.26. The molecule has 0 aliphatic carbocycles. The van der Waals surface area contributed by atoms with Crippen LogP contribution in [-0.4, -0.2) is 10.9 Å². The van der Waals surface area contributed by atoms with Gasteiger partial charge in [0.2, 0.25) is 0 Å². The molecule has 2 nitrogen and oxygen atoms in total. The average Bonchev–Trinajstić information content (AvgIpc) is 2.38. The monoisotopic (exact) mass is 279 g/mol. The Morgan fingerprint density at radius 3 is 2.28 bits per heavy atom. The maximum Gasteiger partial charge on any atom is 0.0883 e. The minimum atomic E-state index is -0.494. The molecule has 1 atom stereocenters. The van der Waals surface area contributed by atoms with E-state index in [1.54, 1.807) is 23.9 Å². The van der Waals surface area contributed by atoms with Gasteiger partial charge in [0, 0.05) is 21.4 Å². The second-order valence-electron chi connectivity index (χ2n) is 3.95. The number of hydrogen-bond acceptors (Lipinski definition) is 3. The molecule has 3 N–H and O–H groups in total. The van der Waals surface area contributed by atoms with Crippen molar-refractivity contribution in [3.63, 3.8) is 0 Å². The molecule has 0 aromatic heterocycles. The molecule has 0 saturated carbocycles. The fourth-order valence-corrected chi connectivity index (χ4v) is 2.52. The van der Waals surface area contributed by atoms with Crippen molar-refractivity contribution in [1.82, 2.24) is 0 Å². The Bertz CT molecular complexity index is 498. The molecule has 0 amide bonds.